The highest BCUT2D eigenvalue weighted by Gasteiger charge is 2.25. The van der Waals surface area contributed by atoms with E-state index in [1.807, 2.05) is 30.3 Å². The maximum Gasteiger partial charge on any atom is 0.227 e. The SMILES string of the molecule is Cc1ccc2nc(-c3ccc(NC(=O)C4CCN(c5ccccc5)CC4)cc3)sc2c1. The molecule has 31 heavy (non-hydrogen) atoms. The molecule has 1 N–H and O–H groups in total. The van der Waals surface area contributed by atoms with Crippen molar-refractivity contribution >= 4 is 38.8 Å². The number of fused-ring (bicyclic) bond motifs is 1. The molecule has 0 atom stereocenters. The van der Waals surface area contributed by atoms with Crippen LogP contribution in [0.3, 0.4) is 0 Å². The molecule has 4 aromatic rings. The summed E-state index contributed by atoms with van der Waals surface area (Å²) in [6.07, 6.45) is 1.76. The maximum absolute atomic E-state index is 12.8. The first kappa shape index (κ1) is 19.8. The quantitative estimate of drug-likeness (QED) is 0.426. The summed E-state index contributed by atoms with van der Waals surface area (Å²) >= 11 is 1.70. The number of nitrogens with one attached hydrogen (secondary N) is 1. The van der Waals surface area contributed by atoms with Crippen LogP contribution in [0.5, 0.6) is 0 Å². The fourth-order valence-corrected chi connectivity index (χ4v) is 5.20. The largest absolute Gasteiger partial charge is 0.371 e. The van der Waals surface area contributed by atoms with Gasteiger partial charge in [-0.15, -0.1) is 11.3 Å². The van der Waals surface area contributed by atoms with Gasteiger partial charge in [0, 0.05) is 35.9 Å². The van der Waals surface area contributed by atoms with Gasteiger partial charge in [-0.3, -0.25) is 4.79 Å². The molecule has 0 unspecified atom stereocenters. The van der Waals surface area contributed by atoms with E-state index >= 15 is 0 Å². The first-order valence-corrected chi connectivity index (χ1v) is 11.6. The minimum absolute atomic E-state index is 0.0622. The number of hydrogen-bond acceptors (Lipinski definition) is 4. The molecule has 5 heteroatoms. The monoisotopic (exact) mass is 427 g/mol. The number of rotatable bonds is 4. The van der Waals surface area contributed by atoms with Gasteiger partial charge in [0.25, 0.3) is 0 Å². The van der Waals surface area contributed by atoms with E-state index in [9.17, 15) is 4.79 Å². The molecule has 4 nitrogen and oxygen atoms in total. The maximum atomic E-state index is 12.8. The average molecular weight is 428 g/mol. The summed E-state index contributed by atoms with van der Waals surface area (Å²) in [5, 5.41) is 4.11. The molecule has 0 spiro atoms. The van der Waals surface area contributed by atoms with E-state index in [4.69, 9.17) is 4.98 Å². The molecule has 1 aromatic heterocycles. The van der Waals surface area contributed by atoms with Crippen LogP contribution in [0, 0.1) is 12.8 Å². The number of benzene rings is 3. The summed E-state index contributed by atoms with van der Waals surface area (Å²) in [4.78, 5) is 19.9. The number of amides is 1. The third-order valence-electron chi connectivity index (χ3n) is 5.93. The minimum atomic E-state index is 0.0622. The summed E-state index contributed by atoms with van der Waals surface area (Å²) in [5.74, 6) is 0.183. The van der Waals surface area contributed by atoms with E-state index in [2.05, 4.69) is 59.6 Å². The molecule has 1 amide bonds. The number of anilines is 2. The predicted molar refractivity (Wildman–Crippen MR) is 130 cm³/mol. The van der Waals surface area contributed by atoms with Crippen LogP contribution in [-0.4, -0.2) is 24.0 Å². The van der Waals surface area contributed by atoms with Gasteiger partial charge >= 0.3 is 0 Å². The van der Waals surface area contributed by atoms with Crippen molar-refractivity contribution in [3.05, 3.63) is 78.4 Å². The fourth-order valence-electron chi connectivity index (χ4n) is 4.13. The minimum Gasteiger partial charge on any atom is -0.371 e. The Bertz CT molecular complexity index is 1190. The lowest BCUT2D eigenvalue weighted by molar-refractivity contribution is -0.120. The summed E-state index contributed by atoms with van der Waals surface area (Å²) in [6, 6.07) is 24.8. The Morgan fingerprint density at radius 2 is 1.74 bits per heavy atom. The zero-order chi connectivity index (χ0) is 21.2. The Hall–Kier alpha value is -3.18. The van der Waals surface area contributed by atoms with E-state index in [0.29, 0.717) is 0 Å². The third-order valence-corrected chi connectivity index (χ3v) is 7.00. The molecule has 0 radical (unpaired) electrons. The Morgan fingerprint density at radius 3 is 2.48 bits per heavy atom. The van der Waals surface area contributed by atoms with Gasteiger partial charge in [-0.25, -0.2) is 4.98 Å². The van der Waals surface area contributed by atoms with Crippen molar-refractivity contribution in [1.29, 1.82) is 0 Å². The van der Waals surface area contributed by atoms with Gasteiger partial charge in [0.05, 0.1) is 10.2 Å². The van der Waals surface area contributed by atoms with E-state index in [1.54, 1.807) is 11.3 Å². The molecule has 1 saturated heterocycles. The topological polar surface area (TPSA) is 45.2 Å². The fraction of sp³-hybridized carbons (Fsp3) is 0.231. The highest BCUT2D eigenvalue weighted by molar-refractivity contribution is 7.21. The Morgan fingerprint density at radius 1 is 1.00 bits per heavy atom. The highest BCUT2D eigenvalue weighted by Crippen LogP contribution is 2.31. The third kappa shape index (κ3) is 4.32. The number of piperidine rings is 1. The molecular formula is C26H25N3OS. The highest BCUT2D eigenvalue weighted by atomic mass is 32.1. The summed E-state index contributed by atoms with van der Waals surface area (Å²) < 4.78 is 1.20. The van der Waals surface area contributed by atoms with Crippen LogP contribution >= 0.6 is 11.3 Å². The molecule has 0 saturated carbocycles. The molecular weight excluding hydrogens is 402 g/mol. The normalized spacial score (nSPS) is 14.7. The zero-order valence-corrected chi connectivity index (χ0v) is 18.4. The lowest BCUT2D eigenvalue weighted by Gasteiger charge is -2.33. The van der Waals surface area contributed by atoms with Crippen LogP contribution in [0.15, 0.2) is 72.8 Å². The second-order valence-electron chi connectivity index (χ2n) is 8.15. The van der Waals surface area contributed by atoms with Crippen molar-refractivity contribution in [1.82, 2.24) is 4.98 Å². The number of aryl methyl sites for hydroxylation is 1. The average Bonchev–Trinajstić information content (AvgIpc) is 3.23. The van der Waals surface area contributed by atoms with Gasteiger partial charge in [-0.2, -0.15) is 0 Å². The molecule has 0 aliphatic carbocycles. The van der Waals surface area contributed by atoms with Crippen molar-refractivity contribution in [3.63, 3.8) is 0 Å². The molecule has 0 bridgehead atoms. The number of thiazole rings is 1. The Kier molecular flexibility index (Phi) is 5.43. The van der Waals surface area contributed by atoms with E-state index < -0.39 is 0 Å². The molecule has 156 valence electrons. The van der Waals surface area contributed by atoms with Crippen molar-refractivity contribution in [2.45, 2.75) is 19.8 Å². The molecule has 2 heterocycles. The van der Waals surface area contributed by atoms with E-state index in [1.165, 1.54) is 16.0 Å². The smallest absolute Gasteiger partial charge is 0.227 e. The van der Waals surface area contributed by atoms with Gasteiger partial charge < -0.3 is 10.2 Å². The number of carbonyl (C=O) groups excluding carboxylic acids is 1. The number of nitrogens with zero attached hydrogens (tertiary/aromatic N) is 2. The van der Waals surface area contributed by atoms with Gasteiger partial charge in [0.15, 0.2) is 0 Å². The van der Waals surface area contributed by atoms with Crippen molar-refractivity contribution < 1.29 is 4.79 Å². The van der Waals surface area contributed by atoms with E-state index in [0.717, 1.165) is 47.7 Å². The van der Waals surface area contributed by atoms with E-state index in [-0.39, 0.29) is 11.8 Å². The summed E-state index contributed by atoms with van der Waals surface area (Å²) in [7, 11) is 0. The summed E-state index contributed by atoms with van der Waals surface area (Å²) in [6.45, 7) is 3.93. The second kappa shape index (κ2) is 8.52. The van der Waals surface area contributed by atoms with Crippen molar-refractivity contribution in [3.8, 4) is 10.6 Å². The zero-order valence-electron chi connectivity index (χ0n) is 17.5. The van der Waals surface area contributed by atoms with Gasteiger partial charge in [0.1, 0.15) is 5.01 Å². The predicted octanol–water partition coefficient (Wildman–Crippen LogP) is 6.13. The number of carbonyl (C=O) groups is 1. The first-order valence-electron chi connectivity index (χ1n) is 10.7. The Balaban J connectivity index is 1.21. The van der Waals surface area contributed by atoms with Crippen LogP contribution < -0.4 is 10.2 Å². The second-order valence-corrected chi connectivity index (χ2v) is 9.18. The van der Waals surface area contributed by atoms with Crippen LogP contribution in [0.4, 0.5) is 11.4 Å². The molecule has 5 rings (SSSR count). The molecule has 3 aromatic carbocycles. The number of aromatic nitrogens is 1. The first-order chi connectivity index (χ1) is 15.2. The van der Waals surface area contributed by atoms with Crippen LogP contribution in [0.1, 0.15) is 18.4 Å². The Labute approximate surface area is 186 Å². The number of para-hydroxylation sites is 1. The van der Waals surface area contributed by atoms with Gasteiger partial charge in [-0.1, -0.05) is 24.3 Å². The molecule has 1 aliphatic heterocycles. The van der Waals surface area contributed by atoms with Crippen molar-refractivity contribution in [2.24, 2.45) is 5.92 Å². The molecule has 1 fully saturated rings. The summed E-state index contributed by atoms with van der Waals surface area (Å²) in [5.41, 5.74) is 5.44. The lowest BCUT2D eigenvalue weighted by Crippen LogP contribution is -2.38. The van der Waals surface area contributed by atoms with Gasteiger partial charge in [0.2, 0.25) is 5.91 Å². The van der Waals surface area contributed by atoms with Gasteiger partial charge in [-0.05, 0) is 73.9 Å². The van der Waals surface area contributed by atoms with Crippen LogP contribution in [0.25, 0.3) is 20.8 Å². The van der Waals surface area contributed by atoms with Crippen LogP contribution in [-0.2, 0) is 4.79 Å². The van der Waals surface area contributed by atoms with Crippen LogP contribution in [0.2, 0.25) is 0 Å². The lowest BCUT2D eigenvalue weighted by atomic mass is 9.95. The number of hydrogen-bond donors (Lipinski definition) is 1. The standard InChI is InChI=1S/C26H25N3OS/c1-18-7-12-23-24(17-18)31-26(28-23)20-8-10-21(11-9-20)27-25(30)19-13-15-29(16-14-19)22-5-3-2-4-6-22/h2-12,17,19H,13-16H2,1H3,(H,27,30). The molecule has 1 aliphatic rings. The van der Waals surface area contributed by atoms with Crippen molar-refractivity contribution in [2.75, 3.05) is 23.3 Å².